The maximum absolute atomic E-state index is 2.42. The van der Waals surface area contributed by atoms with E-state index in [2.05, 4.69) is 226 Å². The zero-order valence-electron chi connectivity index (χ0n) is 31.0. The minimum atomic E-state index is 1.16. The highest BCUT2D eigenvalue weighted by Gasteiger charge is 2.19. The molecule has 9 aromatic carbocycles. The summed E-state index contributed by atoms with van der Waals surface area (Å²) in [6.45, 7) is 0. The van der Waals surface area contributed by atoms with Gasteiger partial charge in [0.25, 0.3) is 0 Å². The van der Waals surface area contributed by atoms with Crippen LogP contribution in [-0.4, -0.2) is 13.7 Å². The van der Waals surface area contributed by atoms with Crippen LogP contribution in [0, 0.1) is 0 Å². The third-order valence-electron chi connectivity index (χ3n) is 11.8. The normalized spacial score (nSPS) is 11.9. The first-order chi connectivity index (χ1) is 28.3. The zero-order chi connectivity index (χ0) is 37.5. The summed E-state index contributed by atoms with van der Waals surface area (Å²) in [6.07, 6.45) is 2.20. The van der Waals surface area contributed by atoms with Crippen LogP contribution in [0.2, 0.25) is 0 Å². The summed E-state index contributed by atoms with van der Waals surface area (Å²) in [7, 11) is 0. The molecule has 0 saturated heterocycles. The summed E-state index contributed by atoms with van der Waals surface area (Å²) >= 11 is 0. The van der Waals surface area contributed by atoms with E-state index in [1.807, 2.05) is 0 Å². The molecule has 0 aliphatic rings. The van der Waals surface area contributed by atoms with Crippen molar-refractivity contribution in [3.8, 4) is 39.3 Å². The number of hydrogen-bond donors (Lipinski definition) is 0. The van der Waals surface area contributed by atoms with Crippen LogP contribution >= 0.6 is 0 Å². The lowest BCUT2D eigenvalue weighted by Gasteiger charge is -2.10. The Labute approximate surface area is 329 Å². The quantitative estimate of drug-likeness (QED) is 0.168. The zero-order valence-corrected chi connectivity index (χ0v) is 31.0. The average Bonchev–Trinajstić information content (AvgIpc) is 3.97. The van der Waals surface area contributed by atoms with Gasteiger partial charge in [0, 0.05) is 55.6 Å². The van der Waals surface area contributed by atoms with Gasteiger partial charge in [0.05, 0.1) is 27.6 Å². The molecule has 266 valence electrons. The highest BCUT2D eigenvalue weighted by molar-refractivity contribution is 6.25. The largest absolute Gasteiger partial charge is 0.316 e. The predicted octanol–water partition coefficient (Wildman–Crippen LogP) is 14.3. The van der Waals surface area contributed by atoms with E-state index < -0.39 is 0 Å². The lowest BCUT2D eigenvalue weighted by molar-refractivity contribution is 1.13. The van der Waals surface area contributed by atoms with E-state index >= 15 is 0 Å². The Hall–Kier alpha value is -7.62. The number of para-hydroxylation sites is 4. The van der Waals surface area contributed by atoms with Gasteiger partial charge >= 0.3 is 0 Å². The van der Waals surface area contributed by atoms with Crippen molar-refractivity contribution >= 4 is 65.3 Å². The Morgan fingerprint density at radius 3 is 1.51 bits per heavy atom. The highest BCUT2D eigenvalue weighted by Crippen LogP contribution is 2.42. The predicted molar refractivity (Wildman–Crippen MR) is 240 cm³/mol. The first-order valence-electron chi connectivity index (χ1n) is 19.6. The van der Waals surface area contributed by atoms with E-state index in [-0.39, 0.29) is 0 Å². The van der Waals surface area contributed by atoms with Crippen LogP contribution in [0.25, 0.3) is 105 Å². The van der Waals surface area contributed by atoms with Gasteiger partial charge < -0.3 is 13.7 Å². The van der Waals surface area contributed by atoms with Gasteiger partial charge in [-0.2, -0.15) is 0 Å². The van der Waals surface area contributed by atoms with E-state index in [0.29, 0.717) is 0 Å². The van der Waals surface area contributed by atoms with Gasteiger partial charge in [0.2, 0.25) is 0 Å². The molecule has 57 heavy (non-hydrogen) atoms. The van der Waals surface area contributed by atoms with E-state index in [1.165, 1.54) is 93.2 Å². The molecule has 3 nitrogen and oxygen atoms in total. The summed E-state index contributed by atoms with van der Waals surface area (Å²) in [4.78, 5) is 0. The second kappa shape index (κ2) is 12.5. The van der Waals surface area contributed by atoms with Crippen LogP contribution in [0.5, 0.6) is 0 Å². The summed E-state index contributed by atoms with van der Waals surface area (Å²) < 4.78 is 7.12. The topological polar surface area (TPSA) is 14.8 Å². The molecule has 0 bridgehead atoms. The number of hydrogen-bond acceptors (Lipinski definition) is 0. The van der Waals surface area contributed by atoms with Gasteiger partial charge in [-0.25, -0.2) is 0 Å². The molecule has 0 radical (unpaired) electrons. The lowest BCUT2D eigenvalue weighted by atomic mass is 9.96. The molecular weight excluding hydrogens is 691 g/mol. The molecule has 12 rings (SSSR count). The van der Waals surface area contributed by atoms with Gasteiger partial charge in [-0.05, 0) is 113 Å². The van der Waals surface area contributed by atoms with E-state index in [9.17, 15) is 0 Å². The second-order valence-electron chi connectivity index (χ2n) is 15.0. The van der Waals surface area contributed by atoms with Crippen molar-refractivity contribution in [1.82, 2.24) is 13.7 Å². The van der Waals surface area contributed by atoms with Crippen molar-refractivity contribution in [1.29, 1.82) is 0 Å². The van der Waals surface area contributed by atoms with E-state index in [1.54, 1.807) is 0 Å². The number of nitrogens with zero attached hydrogens (tertiary/aromatic N) is 3. The van der Waals surface area contributed by atoms with Crippen LogP contribution in [0.1, 0.15) is 0 Å². The monoisotopic (exact) mass is 725 g/mol. The van der Waals surface area contributed by atoms with Crippen molar-refractivity contribution < 1.29 is 0 Å². The fourth-order valence-corrected chi connectivity index (χ4v) is 9.28. The number of benzene rings is 9. The Morgan fingerprint density at radius 1 is 0.281 bits per heavy atom. The molecular formula is C54H35N3. The fraction of sp³-hybridized carbons (Fsp3) is 0. The first-order valence-corrected chi connectivity index (χ1v) is 19.6. The molecule has 0 aliphatic heterocycles. The molecule has 0 spiro atoms. The third kappa shape index (κ3) is 4.86. The van der Waals surface area contributed by atoms with Crippen LogP contribution in [0.3, 0.4) is 0 Å². The molecule has 0 aliphatic carbocycles. The van der Waals surface area contributed by atoms with E-state index in [0.717, 1.165) is 11.4 Å². The molecule has 12 aromatic rings. The molecule has 0 unspecified atom stereocenters. The Morgan fingerprint density at radius 2 is 0.807 bits per heavy atom. The standard InChI is InChI=1S/C54H35N3/c1-4-15-41(16-5-1)55-32-31-36-23-26-45-46(54(36)55)27-30-52-53(45)48-35-40(25-29-51(48)57(52)43-19-8-3-9-20-43)38-14-12-13-37(33-38)39-24-28-50-47(34-39)44-21-10-11-22-49(44)56(50)42-17-6-2-7-18-42/h1-35H. The molecule has 0 fully saturated rings. The van der Waals surface area contributed by atoms with Crippen LogP contribution in [0.15, 0.2) is 212 Å². The summed E-state index contributed by atoms with van der Waals surface area (Å²) in [5.41, 5.74) is 14.4. The first kappa shape index (κ1) is 31.7. The molecule has 3 heteroatoms. The van der Waals surface area contributed by atoms with Gasteiger partial charge in [-0.3, -0.25) is 0 Å². The molecule has 3 heterocycles. The maximum atomic E-state index is 2.42. The molecule has 0 saturated carbocycles. The van der Waals surface area contributed by atoms with Crippen molar-refractivity contribution in [3.05, 3.63) is 212 Å². The molecule has 3 aromatic heterocycles. The summed E-state index contributed by atoms with van der Waals surface area (Å²) in [6, 6.07) is 75.2. The lowest BCUT2D eigenvalue weighted by Crippen LogP contribution is -1.94. The van der Waals surface area contributed by atoms with Crippen LogP contribution in [0.4, 0.5) is 0 Å². The number of aromatic nitrogens is 3. The third-order valence-corrected chi connectivity index (χ3v) is 11.8. The summed E-state index contributed by atoms with van der Waals surface area (Å²) in [5, 5.41) is 8.77. The smallest absolute Gasteiger partial charge is 0.0607 e. The molecule has 0 N–H and O–H groups in total. The van der Waals surface area contributed by atoms with Gasteiger partial charge in [0.1, 0.15) is 0 Å². The Balaban J connectivity index is 1.05. The van der Waals surface area contributed by atoms with Crippen molar-refractivity contribution in [3.63, 3.8) is 0 Å². The fourth-order valence-electron chi connectivity index (χ4n) is 9.28. The van der Waals surface area contributed by atoms with Crippen molar-refractivity contribution in [2.75, 3.05) is 0 Å². The SMILES string of the molecule is c1ccc(-n2ccc3ccc4c(ccc5c4c4cc(-c6cccc(-c7ccc8c(c7)c7ccccc7n8-c7ccccc7)c6)ccc4n5-c4ccccc4)c32)cc1. The second-order valence-corrected chi connectivity index (χ2v) is 15.0. The van der Waals surface area contributed by atoms with Crippen molar-refractivity contribution in [2.24, 2.45) is 0 Å². The molecule has 0 amide bonds. The van der Waals surface area contributed by atoms with Gasteiger partial charge in [-0.1, -0.05) is 121 Å². The average molecular weight is 726 g/mol. The van der Waals surface area contributed by atoms with E-state index in [4.69, 9.17) is 0 Å². The minimum Gasteiger partial charge on any atom is -0.316 e. The van der Waals surface area contributed by atoms with Crippen LogP contribution < -0.4 is 0 Å². The Bertz CT molecular complexity index is 3500. The summed E-state index contributed by atoms with van der Waals surface area (Å²) in [5.74, 6) is 0. The maximum Gasteiger partial charge on any atom is 0.0607 e. The Kier molecular flexibility index (Phi) is 6.93. The van der Waals surface area contributed by atoms with Gasteiger partial charge in [0.15, 0.2) is 0 Å². The molecule has 0 atom stereocenters. The van der Waals surface area contributed by atoms with Crippen LogP contribution in [-0.2, 0) is 0 Å². The number of rotatable bonds is 5. The highest BCUT2D eigenvalue weighted by atomic mass is 15.0. The minimum absolute atomic E-state index is 1.16. The van der Waals surface area contributed by atoms with Crippen molar-refractivity contribution in [2.45, 2.75) is 0 Å². The van der Waals surface area contributed by atoms with Gasteiger partial charge in [-0.15, -0.1) is 0 Å². The number of fused-ring (bicyclic) bond motifs is 10.